The largest absolute Gasteiger partial charge is 0.493 e. The van der Waals surface area contributed by atoms with Crippen molar-refractivity contribution in [1.29, 1.82) is 0 Å². The zero-order chi connectivity index (χ0) is 15.7. The van der Waals surface area contributed by atoms with Gasteiger partial charge in [0.05, 0.1) is 20.3 Å². The van der Waals surface area contributed by atoms with E-state index in [9.17, 15) is 5.11 Å². The summed E-state index contributed by atoms with van der Waals surface area (Å²) in [6.07, 6.45) is 3.48. The fraction of sp³-hybridized carbons (Fsp3) is 0.529. The lowest BCUT2D eigenvalue weighted by Crippen LogP contribution is -2.31. The van der Waals surface area contributed by atoms with Gasteiger partial charge in [-0.25, -0.2) is 0 Å². The fourth-order valence-corrected chi connectivity index (χ4v) is 2.19. The Morgan fingerprint density at radius 1 is 1.38 bits per heavy atom. The van der Waals surface area contributed by atoms with Crippen LogP contribution in [0.2, 0.25) is 0 Å². The molecule has 1 aromatic carbocycles. The molecular weight excluding hydrogens is 266 g/mol. The van der Waals surface area contributed by atoms with Crippen LogP contribution < -0.4 is 14.8 Å². The second kappa shape index (κ2) is 9.42. The van der Waals surface area contributed by atoms with Crippen LogP contribution in [-0.4, -0.2) is 31.5 Å². The number of allylic oxidation sites excluding steroid dienone is 1. The van der Waals surface area contributed by atoms with Crippen LogP contribution >= 0.6 is 0 Å². The van der Waals surface area contributed by atoms with Crippen molar-refractivity contribution >= 4 is 0 Å². The van der Waals surface area contributed by atoms with Crippen LogP contribution in [0.25, 0.3) is 0 Å². The summed E-state index contributed by atoms with van der Waals surface area (Å²) in [5.74, 6) is 1.53. The highest BCUT2D eigenvalue weighted by atomic mass is 16.5. The van der Waals surface area contributed by atoms with E-state index in [2.05, 4.69) is 24.9 Å². The molecule has 118 valence electrons. The minimum atomic E-state index is 0.116. The van der Waals surface area contributed by atoms with E-state index in [0.717, 1.165) is 35.5 Å². The van der Waals surface area contributed by atoms with Gasteiger partial charge in [-0.2, -0.15) is 0 Å². The van der Waals surface area contributed by atoms with Crippen molar-refractivity contribution in [3.63, 3.8) is 0 Å². The average molecular weight is 293 g/mol. The summed E-state index contributed by atoms with van der Waals surface area (Å²) in [5.41, 5.74) is 2.18. The van der Waals surface area contributed by atoms with Gasteiger partial charge in [-0.3, -0.25) is 0 Å². The normalized spacial score (nSPS) is 12.0. The lowest BCUT2D eigenvalue weighted by molar-refractivity contribution is 0.238. The number of benzene rings is 1. The Kier molecular flexibility index (Phi) is 7.87. The molecule has 21 heavy (non-hydrogen) atoms. The summed E-state index contributed by atoms with van der Waals surface area (Å²) in [6.45, 7) is 9.23. The first-order chi connectivity index (χ1) is 10.2. The van der Waals surface area contributed by atoms with Gasteiger partial charge < -0.3 is 19.9 Å². The van der Waals surface area contributed by atoms with E-state index in [-0.39, 0.29) is 12.6 Å². The number of hydrogen-bond donors (Lipinski definition) is 2. The number of ether oxygens (including phenoxy) is 2. The molecule has 0 fully saturated rings. The van der Waals surface area contributed by atoms with Crippen LogP contribution in [0.15, 0.2) is 24.8 Å². The van der Waals surface area contributed by atoms with E-state index in [1.54, 1.807) is 7.11 Å². The Morgan fingerprint density at radius 3 is 2.67 bits per heavy atom. The lowest BCUT2D eigenvalue weighted by atomic mass is 10.0. The van der Waals surface area contributed by atoms with E-state index in [1.165, 1.54) is 0 Å². The number of nitrogens with one attached hydrogen (secondary N) is 1. The third kappa shape index (κ3) is 5.06. The standard InChI is InChI=1S/C17H27NO3/c1-5-8-14-9-13(11-18-15(6-2)12-19)10-16(20-4)17(14)21-7-3/h5,9-10,15,18-19H,1,6-8,11-12H2,2-4H3/t15-/m1/s1. The van der Waals surface area contributed by atoms with Gasteiger partial charge >= 0.3 is 0 Å². The maximum absolute atomic E-state index is 9.24. The first-order valence-corrected chi connectivity index (χ1v) is 7.47. The van der Waals surface area contributed by atoms with Crippen molar-refractivity contribution < 1.29 is 14.6 Å². The smallest absolute Gasteiger partial charge is 0.164 e. The topological polar surface area (TPSA) is 50.7 Å². The molecule has 1 atom stereocenters. The van der Waals surface area contributed by atoms with Crippen LogP contribution in [0.5, 0.6) is 11.5 Å². The van der Waals surface area contributed by atoms with E-state index in [1.807, 2.05) is 19.1 Å². The van der Waals surface area contributed by atoms with Crippen LogP contribution in [0.4, 0.5) is 0 Å². The highest BCUT2D eigenvalue weighted by molar-refractivity contribution is 5.50. The molecule has 0 spiro atoms. The van der Waals surface area contributed by atoms with E-state index in [4.69, 9.17) is 9.47 Å². The van der Waals surface area contributed by atoms with Crippen molar-refractivity contribution in [3.05, 3.63) is 35.9 Å². The van der Waals surface area contributed by atoms with Crippen molar-refractivity contribution in [2.45, 2.75) is 39.3 Å². The molecular formula is C17H27NO3. The third-order valence-electron chi connectivity index (χ3n) is 3.37. The van der Waals surface area contributed by atoms with Crippen LogP contribution in [-0.2, 0) is 13.0 Å². The number of aliphatic hydroxyl groups is 1. The van der Waals surface area contributed by atoms with Gasteiger partial charge in [-0.1, -0.05) is 19.1 Å². The minimum Gasteiger partial charge on any atom is -0.493 e. The Hall–Kier alpha value is -1.52. The average Bonchev–Trinajstić information content (AvgIpc) is 2.50. The van der Waals surface area contributed by atoms with Crippen LogP contribution in [0, 0.1) is 0 Å². The van der Waals surface area contributed by atoms with Gasteiger partial charge in [0.1, 0.15) is 0 Å². The molecule has 0 aliphatic carbocycles. The van der Waals surface area contributed by atoms with Crippen molar-refractivity contribution in [3.8, 4) is 11.5 Å². The number of rotatable bonds is 10. The first kappa shape index (κ1) is 17.5. The molecule has 2 N–H and O–H groups in total. The molecule has 1 aromatic rings. The highest BCUT2D eigenvalue weighted by Crippen LogP contribution is 2.33. The maximum atomic E-state index is 9.24. The Morgan fingerprint density at radius 2 is 2.14 bits per heavy atom. The van der Waals surface area contributed by atoms with Crippen LogP contribution in [0.1, 0.15) is 31.4 Å². The Balaban J connectivity index is 2.99. The second-order valence-corrected chi connectivity index (χ2v) is 4.88. The monoisotopic (exact) mass is 293 g/mol. The molecule has 0 radical (unpaired) electrons. The van der Waals surface area contributed by atoms with Gasteiger partial charge in [0.2, 0.25) is 0 Å². The zero-order valence-electron chi connectivity index (χ0n) is 13.3. The van der Waals surface area contributed by atoms with Crippen molar-refractivity contribution in [2.75, 3.05) is 20.3 Å². The summed E-state index contributed by atoms with van der Waals surface area (Å²) in [4.78, 5) is 0. The minimum absolute atomic E-state index is 0.116. The predicted octanol–water partition coefficient (Wildman–Crippen LogP) is 2.68. The van der Waals surface area contributed by atoms with Gasteiger partial charge in [0, 0.05) is 18.2 Å². The molecule has 0 heterocycles. The summed E-state index contributed by atoms with van der Waals surface area (Å²) >= 11 is 0. The molecule has 0 aliphatic heterocycles. The highest BCUT2D eigenvalue weighted by Gasteiger charge is 2.13. The van der Waals surface area contributed by atoms with E-state index in [0.29, 0.717) is 13.2 Å². The summed E-state index contributed by atoms with van der Waals surface area (Å²) in [5, 5.41) is 12.6. The number of methoxy groups -OCH3 is 1. The van der Waals surface area contributed by atoms with Crippen molar-refractivity contribution in [1.82, 2.24) is 5.32 Å². The fourth-order valence-electron chi connectivity index (χ4n) is 2.19. The first-order valence-electron chi connectivity index (χ1n) is 7.47. The Bertz CT molecular complexity index is 442. The summed E-state index contributed by atoms with van der Waals surface area (Å²) in [7, 11) is 1.65. The maximum Gasteiger partial charge on any atom is 0.164 e. The molecule has 0 saturated heterocycles. The van der Waals surface area contributed by atoms with Gasteiger partial charge in [-0.15, -0.1) is 6.58 Å². The van der Waals surface area contributed by atoms with Crippen LogP contribution in [0.3, 0.4) is 0 Å². The summed E-state index contributed by atoms with van der Waals surface area (Å²) < 4.78 is 11.1. The number of hydrogen-bond acceptors (Lipinski definition) is 4. The van der Waals surface area contributed by atoms with E-state index >= 15 is 0 Å². The molecule has 4 heteroatoms. The zero-order valence-corrected chi connectivity index (χ0v) is 13.3. The number of aliphatic hydroxyl groups excluding tert-OH is 1. The van der Waals surface area contributed by atoms with Gasteiger partial charge in [-0.05, 0) is 31.4 Å². The molecule has 0 amide bonds. The van der Waals surface area contributed by atoms with Gasteiger partial charge in [0.25, 0.3) is 0 Å². The lowest BCUT2D eigenvalue weighted by Gasteiger charge is -2.18. The van der Waals surface area contributed by atoms with Crippen molar-refractivity contribution in [2.24, 2.45) is 0 Å². The molecule has 0 aromatic heterocycles. The molecule has 0 bridgehead atoms. The third-order valence-corrected chi connectivity index (χ3v) is 3.37. The quantitative estimate of drug-likeness (QED) is 0.651. The molecule has 0 unspecified atom stereocenters. The van der Waals surface area contributed by atoms with E-state index < -0.39 is 0 Å². The second-order valence-electron chi connectivity index (χ2n) is 4.88. The Labute approximate surface area is 127 Å². The molecule has 4 nitrogen and oxygen atoms in total. The summed E-state index contributed by atoms with van der Waals surface area (Å²) in [6, 6.07) is 4.20. The predicted molar refractivity (Wildman–Crippen MR) is 86.1 cm³/mol. The van der Waals surface area contributed by atoms with Gasteiger partial charge in [0.15, 0.2) is 11.5 Å². The molecule has 1 rings (SSSR count). The molecule has 0 saturated carbocycles. The molecule has 0 aliphatic rings. The SMILES string of the molecule is C=CCc1cc(CN[C@H](CC)CO)cc(OC)c1OCC.